The predicted octanol–water partition coefficient (Wildman–Crippen LogP) is 0.875. The summed E-state index contributed by atoms with van der Waals surface area (Å²) in [7, 11) is 0. The Morgan fingerprint density at radius 1 is 1.00 bits per heavy atom. The molecule has 0 aliphatic rings. The lowest BCUT2D eigenvalue weighted by molar-refractivity contribution is 0.126. The van der Waals surface area contributed by atoms with E-state index in [9.17, 15) is 10.2 Å². The van der Waals surface area contributed by atoms with Gasteiger partial charge in [0.05, 0.1) is 12.2 Å². The number of aliphatic hydroxyl groups is 3. The van der Waals surface area contributed by atoms with Gasteiger partial charge in [-0.3, -0.25) is 0 Å². The van der Waals surface area contributed by atoms with E-state index in [1.165, 1.54) is 0 Å². The quantitative estimate of drug-likeness (QED) is 0.557. The molecule has 0 aromatic carbocycles. The molecular weight excluding hydrogens is 168 g/mol. The summed E-state index contributed by atoms with van der Waals surface area (Å²) in [5, 5.41) is 27.6. The Kier molecular flexibility index (Phi) is 7.23. The third-order valence-corrected chi connectivity index (χ3v) is 2.21. The van der Waals surface area contributed by atoms with Crippen LogP contribution in [0, 0.1) is 5.92 Å². The van der Waals surface area contributed by atoms with Crippen molar-refractivity contribution in [3.8, 4) is 0 Å². The lowest BCUT2D eigenvalue weighted by Gasteiger charge is -2.19. The molecular formula is C10H21O3. The summed E-state index contributed by atoms with van der Waals surface area (Å²) in [6.45, 7) is 3.76. The van der Waals surface area contributed by atoms with Crippen LogP contribution in [0.25, 0.3) is 0 Å². The maximum atomic E-state index is 9.33. The van der Waals surface area contributed by atoms with Crippen LogP contribution < -0.4 is 0 Å². The van der Waals surface area contributed by atoms with Crippen molar-refractivity contribution in [2.24, 2.45) is 0 Å². The molecule has 0 aliphatic carbocycles. The Morgan fingerprint density at radius 2 is 1.38 bits per heavy atom. The van der Waals surface area contributed by atoms with Crippen molar-refractivity contribution in [3.63, 3.8) is 0 Å². The number of hydrogen-bond acceptors (Lipinski definition) is 3. The molecule has 2 atom stereocenters. The molecule has 3 N–H and O–H groups in total. The zero-order chi connectivity index (χ0) is 10.3. The van der Waals surface area contributed by atoms with Crippen molar-refractivity contribution in [1.29, 1.82) is 0 Å². The van der Waals surface area contributed by atoms with Gasteiger partial charge in [-0.15, -0.1) is 0 Å². The summed E-state index contributed by atoms with van der Waals surface area (Å²) in [5.74, 6) is 0.837. The van der Waals surface area contributed by atoms with Gasteiger partial charge >= 0.3 is 0 Å². The maximum absolute atomic E-state index is 9.33. The summed E-state index contributed by atoms with van der Waals surface area (Å²) in [4.78, 5) is 0. The third-order valence-electron chi connectivity index (χ3n) is 2.21. The van der Waals surface area contributed by atoms with Crippen molar-refractivity contribution in [2.75, 3.05) is 6.61 Å². The molecule has 0 spiro atoms. The zero-order valence-corrected chi connectivity index (χ0v) is 8.53. The molecule has 79 valence electrons. The van der Waals surface area contributed by atoms with E-state index < -0.39 is 0 Å². The minimum atomic E-state index is -0.383. The first-order valence-corrected chi connectivity index (χ1v) is 4.94. The van der Waals surface area contributed by atoms with Gasteiger partial charge in [-0.1, -0.05) is 13.8 Å². The van der Waals surface area contributed by atoms with Gasteiger partial charge in [-0.05, 0) is 25.7 Å². The highest BCUT2D eigenvalue weighted by Gasteiger charge is 2.16. The fraction of sp³-hybridized carbons (Fsp3) is 0.900. The second-order valence-corrected chi connectivity index (χ2v) is 3.44. The van der Waals surface area contributed by atoms with Crippen LogP contribution in [0.5, 0.6) is 0 Å². The molecule has 0 heterocycles. The third kappa shape index (κ3) is 6.02. The highest BCUT2D eigenvalue weighted by Crippen LogP contribution is 2.18. The SMILES string of the molecule is CCC(O)C[C](CO)CC(O)CC. The molecule has 0 bridgehead atoms. The maximum Gasteiger partial charge on any atom is 0.0544 e. The van der Waals surface area contributed by atoms with E-state index in [1.54, 1.807) is 0 Å². The number of aliphatic hydroxyl groups excluding tert-OH is 3. The standard InChI is InChI=1S/C10H21O3/c1-3-9(12)5-8(7-11)6-10(13)4-2/h9-13H,3-7H2,1-2H3. The monoisotopic (exact) mass is 189 g/mol. The highest BCUT2D eigenvalue weighted by atomic mass is 16.3. The number of rotatable bonds is 7. The van der Waals surface area contributed by atoms with Crippen LogP contribution in [-0.2, 0) is 0 Å². The van der Waals surface area contributed by atoms with Crippen LogP contribution in [-0.4, -0.2) is 34.1 Å². The fourth-order valence-corrected chi connectivity index (χ4v) is 1.17. The van der Waals surface area contributed by atoms with Gasteiger partial charge in [0.1, 0.15) is 0 Å². The smallest absolute Gasteiger partial charge is 0.0544 e. The Balaban J connectivity index is 3.74. The Labute approximate surface area is 80.4 Å². The highest BCUT2D eigenvalue weighted by molar-refractivity contribution is 4.93. The van der Waals surface area contributed by atoms with E-state index in [-0.39, 0.29) is 18.8 Å². The van der Waals surface area contributed by atoms with E-state index in [4.69, 9.17) is 5.11 Å². The zero-order valence-electron chi connectivity index (χ0n) is 8.53. The Bertz CT molecular complexity index is 105. The van der Waals surface area contributed by atoms with E-state index >= 15 is 0 Å². The predicted molar refractivity (Wildman–Crippen MR) is 52.2 cm³/mol. The molecule has 0 aliphatic heterocycles. The summed E-state index contributed by atoms with van der Waals surface area (Å²) in [6.07, 6.45) is 1.61. The van der Waals surface area contributed by atoms with Gasteiger partial charge in [0.25, 0.3) is 0 Å². The van der Waals surface area contributed by atoms with E-state index in [0.717, 1.165) is 5.92 Å². The molecule has 13 heavy (non-hydrogen) atoms. The van der Waals surface area contributed by atoms with Crippen LogP contribution >= 0.6 is 0 Å². The summed E-state index contributed by atoms with van der Waals surface area (Å²) < 4.78 is 0. The molecule has 0 fully saturated rings. The van der Waals surface area contributed by atoms with Gasteiger partial charge in [-0.2, -0.15) is 0 Å². The van der Waals surface area contributed by atoms with E-state index in [2.05, 4.69) is 0 Å². The van der Waals surface area contributed by atoms with Crippen LogP contribution in [0.3, 0.4) is 0 Å². The lowest BCUT2D eigenvalue weighted by Crippen LogP contribution is -2.19. The van der Waals surface area contributed by atoms with Crippen LogP contribution in [0.4, 0.5) is 0 Å². The molecule has 0 aromatic rings. The molecule has 0 saturated heterocycles. The Hall–Kier alpha value is -0.120. The van der Waals surface area contributed by atoms with Crippen LogP contribution in [0.15, 0.2) is 0 Å². The molecule has 1 radical (unpaired) electrons. The first kappa shape index (κ1) is 12.9. The molecule has 0 amide bonds. The second-order valence-electron chi connectivity index (χ2n) is 3.44. The van der Waals surface area contributed by atoms with Gasteiger partial charge in [-0.25, -0.2) is 0 Å². The Morgan fingerprint density at radius 3 is 1.62 bits per heavy atom. The summed E-state index contributed by atoms with van der Waals surface area (Å²) in [5.41, 5.74) is 0. The van der Waals surface area contributed by atoms with Gasteiger partial charge < -0.3 is 15.3 Å². The number of hydrogen-bond donors (Lipinski definition) is 3. The summed E-state index contributed by atoms with van der Waals surface area (Å²) >= 11 is 0. The summed E-state index contributed by atoms with van der Waals surface area (Å²) in [6, 6.07) is 0. The average molecular weight is 189 g/mol. The first-order valence-electron chi connectivity index (χ1n) is 4.94. The largest absolute Gasteiger partial charge is 0.396 e. The van der Waals surface area contributed by atoms with Crippen molar-refractivity contribution < 1.29 is 15.3 Å². The lowest BCUT2D eigenvalue weighted by atomic mass is 9.94. The molecule has 3 nitrogen and oxygen atoms in total. The minimum Gasteiger partial charge on any atom is -0.396 e. The second kappa shape index (κ2) is 7.30. The normalized spacial score (nSPS) is 16.2. The average Bonchev–Trinajstić information content (AvgIpc) is 2.16. The van der Waals surface area contributed by atoms with Crippen molar-refractivity contribution in [3.05, 3.63) is 5.92 Å². The fourth-order valence-electron chi connectivity index (χ4n) is 1.17. The van der Waals surface area contributed by atoms with Crippen molar-refractivity contribution in [2.45, 2.75) is 51.7 Å². The van der Waals surface area contributed by atoms with Crippen LogP contribution in [0.1, 0.15) is 39.5 Å². The molecule has 0 rings (SSSR count). The molecule has 3 heteroatoms. The first-order chi connectivity index (χ1) is 6.13. The van der Waals surface area contributed by atoms with Gasteiger partial charge in [0.2, 0.25) is 0 Å². The topological polar surface area (TPSA) is 60.7 Å². The van der Waals surface area contributed by atoms with Crippen molar-refractivity contribution >= 4 is 0 Å². The molecule has 2 unspecified atom stereocenters. The van der Waals surface area contributed by atoms with E-state index in [1.807, 2.05) is 13.8 Å². The van der Waals surface area contributed by atoms with Gasteiger partial charge in [0.15, 0.2) is 0 Å². The van der Waals surface area contributed by atoms with E-state index in [0.29, 0.717) is 25.7 Å². The minimum absolute atomic E-state index is 0.0336. The molecule has 0 saturated carbocycles. The van der Waals surface area contributed by atoms with Gasteiger partial charge in [0, 0.05) is 12.5 Å². The van der Waals surface area contributed by atoms with Crippen molar-refractivity contribution in [1.82, 2.24) is 0 Å². The van der Waals surface area contributed by atoms with Crippen LogP contribution in [0.2, 0.25) is 0 Å². The molecule has 0 aromatic heterocycles.